The number of nitrogens with one attached hydrogen (secondary N) is 1. The maximum absolute atomic E-state index is 15.0. The Labute approximate surface area is 194 Å². The van der Waals surface area contributed by atoms with Crippen LogP contribution in [-0.2, 0) is 11.3 Å². The minimum atomic E-state index is -0.591. The summed E-state index contributed by atoms with van der Waals surface area (Å²) in [6, 6.07) is 7.69. The largest absolute Gasteiger partial charge is 0.442 e. The van der Waals surface area contributed by atoms with E-state index < -0.39 is 22.4 Å². The van der Waals surface area contributed by atoms with Gasteiger partial charge in [-0.2, -0.15) is 0 Å². The summed E-state index contributed by atoms with van der Waals surface area (Å²) >= 11 is 3.61. The third-order valence-electron chi connectivity index (χ3n) is 5.89. The Morgan fingerprint density at radius 3 is 2.67 bits per heavy atom. The van der Waals surface area contributed by atoms with Crippen molar-refractivity contribution in [2.24, 2.45) is 0 Å². The molecule has 33 heavy (non-hydrogen) atoms. The van der Waals surface area contributed by atoms with E-state index in [0.29, 0.717) is 36.6 Å². The van der Waals surface area contributed by atoms with Gasteiger partial charge in [0.1, 0.15) is 22.6 Å². The number of anilines is 1. The number of piperidine rings is 1. The van der Waals surface area contributed by atoms with Crippen molar-refractivity contribution in [3.63, 3.8) is 0 Å². The third-order valence-corrected chi connectivity index (χ3v) is 6.04. The van der Waals surface area contributed by atoms with Gasteiger partial charge in [-0.05, 0) is 55.6 Å². The molecule has 176 valence electrons. The highest BCUT2D eigenvalue weighted by molar-refractivity contribution is 7.96. The first kappa shape index (κ1) is 23.1. The molecule has 0 spiro atoms. The number of rotatable bonds is 7. The van der Waals surface area contributed by atoms with Crippen LogP contribution in [0.5, 0.6) is 0 Å². The zero-order valence-electron chi connectivity index (χ0n) is 17.6. The lowest BCUT2D eigenvalue weighted by atomic mass is 9.89. The van der Waals surface area contributed by atoms with Gasteiger partial charge < -0.3 is 14.5 Å². The van der Waals surface area contributed by atoms with Crippen LogP contribution < -0.4 is 10.2 Å². The Morgan fingerprint density at radius 1 is 1.27 bits per heavy atom. The Hall–Kier alpha value is -3.12. The summed E-state index contributed by atoms with van der Waals surface area (Å²) in [5.74, 6) is -0.0974. The number of benzene rings is 1. The summed E-state index contributed by atoms with van der Waals surface area (Å²) in [7, 11) is 0. The van der Waals surface area contributed by atoms with Crippen LogP contribution in [0.2, 0.25) is 0 Å². The number of hydrogen-bond acceptors (Lipinski definition) is 7. The van der Waals surface area contributed by atoms with Crippen LogP contribution in [-0.4, -0.2) is 53.4 Å². The molecule has 2 fully saturated rings. The molecule has 2 saturated heterocycles. The lowest BCUT2D eigenvalue weighted by molar-refractivity contribution is -0.402. The second-order valence-corrected chi connectivity index (χ2v) is 8.46. The van der Waals surface area contributed by atoms with Gasteiger partial charge in [0.2, 0.25) is 0 Å². The summed E-state index contributed by atoms with van der Waals surface area (Å²) in [5.41, 5.74) is 0.997. The maximum Gasteiger partial charge on any atom is 0.433 e. The number of halogens is 1. The second kappa shape index (κ2) is 9.79. The summed E-state index contributed by atoms with van der Waals surface area (Å²) in [5, 5.41) is 12.7. The summed E-state index contributed by atoms with van der Waals surface area (Å²) < 4.78 is 25.4. The van der Waals surface area contributed by atoms with Crippen LogP contribution in [0, 0.1) is 15.9 Å². The van der Waals surface area contributed by atoms with E-state index >= 15 is 0 Å². The fourth-order valence-corrected chi connectivity index (χ4v) is 4.32. The molecule has 12 heteroatoms. The molecule has 1 aromatic carbocycles. The molecule has 2 aromatic rings. The SMILES string of the molecule is O=C(S)NC[C@H]1CN(c2ccc(C3CCN(Cc4ccc([N+](=O)[O-])o4)CC3)c(F)c2)C(=O)O1. The number of ether oxygens (including phenoxy) is 1. The van der Waals surface area contributed by atoms with Crippen molar-refractivity contribution in [3.05, 3.63) is 57.6 Å². The summed E-state index contributed by atoms with van der Waals surface area (Å²) in [4.78, 5) is 36.7. The van der Waals surface area contributed by atoms with Crippen LogP contribution >= 0.6 is 12.6 Å². The van der Waals surface area contributed by atoms with Crippen LogP contribution in [0.25, 0.3) is 0 Å². The molecular formula is C21H23FN4O6S. The van der Waals surface area contributed by atoms with Gasteiger partial charge in [0.15, 0.2) is 0 Å². The van der Waals surface area contributed by atoms with E-state index in [0.717, 1.165) is 12.8 Å². The van der Waals surface area contributed by atoms with Gasteiger partial charge in [0.05, 0.1) is 31.4 Å². The Bertz CT molecular complexity index is 1060. The first-order chi connectivity index (χ1) is 15.8. The molecule has 3 heterocycles. The number of nitro groups is 1. The average molecular weight is 479 g/mol. The van der Waals surface area contributed by atoms with Crippen molar-refractivity contribution in [2.45, 2.75) is 31.4 Å². The number of nitrogens with zero attached hydrogens (tertiary/aromatic N) is 3. The predicted molar refractivity (Wildman–Crippen MR) is 119 cm³/mol. The van der Waals surface area contributed by atoms with E-state index in [-0.39, 0.29) is 30.7 Å². The number of amides is 2. The minimum absolute atomic E-state index is 0.0325. The van der Waals surface area contributed by atoms with Gasteiger partial charge in [-0.15, -0.1) is 0 Å². The topological polar surface area (TPSA) is 118 Å². The molecule has 1 atom stereocenters. The number of thiol groups is 1. The number of carbonyl (C=O) groups is 2. The molecule has 2 aliphatic rings. The van der Waals surface area contributed by atoms with Gasteiger partial charge in [0, 0.05) is 0 Å². The lowest BCUT2D eigenvalue weighted by Gasteiger charge is -2.31. The number of carbonyl (C=O) groups excluding carboxylic acids is 2. The molecule has 2 aliphatic heterocycles. The number of hydrogen-bond donors (Lipinski definition) is 2. The second-order valence-electron chi connectivity index (χ2n) is 8.06. The van der Waals surface area contributed by atoms with Crippen LogP contribution in [0.3, 0.4) is 0 Å². The van der Waals surface area contributed by atoms with E-state index in [1.165, 1.54) is 17.0 Å². The van der Waals surface area contributed by atoms with Crippen molar-refractivity contribution in [2.75, 3.05) is 31.1 Å². The highest BCUT2D eigenvalue weighted by atomic mass is 32.1. The van der Waals surface area contributed by atoms with Crippen molar-refractivity contribution < 1.29 is 28.1 Å². The van der Waals surface area contributed by atoms with Gasteiger partial charge in [-0.25, -0.2) is 9.18 Å². The van der Waals surface area contributed by atoms with Crippen LogP contribution in [0.1, 0.15) is 30.1 Å². The molecule has 2 amide bonds. The normalized spacial score (nSPS) is 19.5. The monoisotopic (exact) mass is 478 g/mol. The zero-order chi connectivity index (χ0) is 23.5. The van der Waals surface area contributed by atoms with Crippen molar-refractivity contribution >= 4 is 35.5 Å². The molecule has 0 bridgehead atoms. The molecule has 4 rings (SSSR count). The summed E-state index contributed by atoms with van der Waals surface area (Å²) in [6.07, 6.45) is 0.343. The zero-order valence-corrected chi connectivity index (χ0v) is 18.5. The minimum Gasteiger partial charge on any atom is -0.442 e. The average Bonchev–Trinajstić information content (AvgIpc) is 3.39. The Balaban J connectivity index is 1.33. The fraction of sp³-hybridized carbons (Fsp3) is 0.429. The van der Waals surface area contributed by atoms with Crippen molar-refractivity contribution in [3.8, 4) is 0 Å². The number of likely N-dealkylation sites (tertiary alicyclic amines) is 1. The maximum atomic E-state index is 15.0. The highest BCUT2D eigenvalue weighted by Gasteiger charge is 2.33. The standard InChI is InChI=1S/C21H23FN4O6S/c22-18-9-14(25-12-16(32-21(25)28)10-23-20(27)33)1-3-17(18)13-5-7-24(8-6-13)11-15-2-4-19(31-15)26(29)30/h1-4,9,13,16H,5-8,10-12H2,(H2,23,27,33)/t16-/m0/s1. The summed E-state index contributed by atoms with van der Waals surface area (Å²) in [6.45, 7) is 2.21. The molecule has 0 radical (unpaired) electrons. The first-order valence-electron chi connectivity index (χ1n) is 10.5. The lowest BCUT2D eigenvalue weighted by Crippen LogP contribution is -2.33. The van der Waals surface area contributed by atoms with Crippen LogP contribution in [0.4, 0.5) is 25.6 Å². The molecular weight excluding hydrogens is 455 g/mol. The Morgan fingerprint density at radius 2 is 2.03 bits per heavy atom. The highest BCUT2D eigenvalue weighted by Crippen LogP contribution is 2.33. The van der Waals surface area contributed by atoms with Gasteiger partial charge >= 0.3 is 12.0 Å². The predicted octanol–water partition coefficient (Wildman–Crippen LogP) is 3.67. The molecule has 0 saturated carbocycles. The van der Waals surface area contributed by atoms with E-state index in [9.17, 15) is 24.1 Å². The first-order valence-corrected chi connectivity index (χ1v) is 10.9. The van der Waals surface area contributed by atoms with Gasteiger partial charge in [0.25, 0.3) is 5.24 Å². The van der Waals surface area contributed by atoms with E-state index in [1.54, 1.807) is 18.2 Å². The fourth-order valence-electron chi connectivity index (χ4n) is 4.23. The number of furan rings is 1. The Kier molecular flexibility index (Phi) is 6.84. The molecule has 0 unspecified atom stereocenters. The third kappa shape index (κ3) is 5.45. The molecule has 1 aromatic heterocycles. The van der Waals surface area contributed by atoms with E-state index in [1.807, 2.05) is 0 Å². The molecule has 0 aliphatic carbocycles. The molecule has 10 nitrogen and oxygen atoms in total. The quantitative estimate of drug-likeness (QED) is 0.354. The van der Waals surface area contributed by atoms with Crippen molar-refractivity contribution in [1.82, 2.24) is 10.2 Å². The van der Waals surface area contributed by atoms with Crippen molar-refractivity contribution in [1.29, 1.82) is 0 Å². The van der Waals surface area contributed by atoms with Gasteiger partial charge in [-0.3, -0.25) is 24.7 Å². The molecule has 1 N–H and O–H groups in total. The van der Waals surface area contributed by atoms with Crippen LogP contribution in [0.15, 0.2) is 34.7 Å². The van der Waals surface area contributed by atoms with E-state index in [4.69, 9.17) is 9.15 Å². The van der Waals surface area contributed by atoms with Gasteiger partial charge in [-0.1, -0.05) is 18.7 Å². The number of cyclic esters (lactones) is 1. The smallest absolute Gasteiger partial charge is 0.433 e. The van der Waals surface area contributed by atoms with E-state index in [2.05, 4.69) is 22.8 Å².